The monoisotopic (exact) mass is 331 g/mol. The van der Waals surface area contributed by atoms with Crippen LogP contribution in [0.25, 0.3) is 11.5 Å². The molecule has 124 valence electrons. The summed E-state index contributed by atoms with van der Waals surface area (Å²) in [5.41, 5.74) is -1.48. The van der Waals surface area contributed by atoms with E-state index in [1.165, 1.54) is 25.3 Å². The van der Waals surface area contributed by atoms with Gasteiger partial charge in [-0.15, -0.1) is 0 Å². The predicted octanol–water partition coefficient (Wildman–Crippen LogP) is 3.08. The molecule has 1 N–H and O–H groups in total. The standard InChI is InChI=1S/C14H12F3NO5/c1-21-6-7-22-9-5-3-2-4-8(9)12-18-11(14(15,16)17)10(23-12)13(19)20/h2-5H,6-7H2,1H3,(H,19,20). The van der Waals surface area contributed by atoms with Crippen molar-refractivity contribution in [1.82, 2.24) is 4.98 Å². The number of hydrogen-bond donors (Lipinski definition) is 1. The number of rotatable bonds is 6. The van der Waals surface area contributed by atoms with Crippen molar-refractivity contribution in [1.29, 1.82) is 0 Å². The van der Waals surface area contributed by atoms with Crippen LogP contribution in [0.4, 0.5) is 13.2 Å². The van der Waals surface area contributed by atoms with Gasteiger partial charge in [-0.2, -0.15) is 13.2 Å². The normalized spacial score (nSPS) is 11.5. The van der Waals surface area contributed by atoms with E-state index < -0.39 is 29.5 Å². The lowest BCUT2D eigenvalue weighted by atomic mass is 10.2. The van der Waals surface area contributed by atoms with Gasteiger partial charge < -0.3 is 19.0 Å². The molecule has 0 aliphatic carbocycles. The number of hydrogen-bond acceptors (Lipinski definition) is 5. The third-order valence-corrected chi connectivity index (χ3v) is 2.75. The molecule has 1 aromatic heterocycles. The van der Waals surface area contributed by atoms with Crippen LogP contribution in [0.15, 0.2) is 28.7 Å². The Kier molecular flexibility index (Phi) is 4.89. The van der Waals surface area contributed by atoms with Crippen molar-refractivity contribution < 1.29 is 37.0 Å². The number of nitrogens with zero attached hydrogens (tertiary/aromatic N) is 1. The van der Waals surface area contributed by atoms with Crippen LogP contribution in [-0.2, 0) is 10.9 Å². The number of para-hydroxylation sites is 1. The Morgan fingerprint density at radius 1 is 1.30 bits per heavy atom. The van der Waals surface area contributed by atoms with E-state index in [4.69, 9.17) is 19.0 Å². The maximum Gasteiger partial charge on any atom is 0.437 e. The first-order valence-electron chi connectivity index (χ1n) is 6.37. The number of alkyl halides is 3. The van der Waals surface area contributed by atoms with Crippen LogP contribution in [0.3, 0.4) is 0 Å². The fourth-order valence-corrected chi connectivity index (χ4v) is 1.78. The largest absolute Gasteiger partial charge is 0.490 e. The fourth-order valence-electron chi connectivity index (χ4n) is 1.78. The molecule has 0 saturated carbocycles. The van der Waals surface area contributed by atoms with E-state index in [2.05, 4.69) is 4.98 Å². The van der Waals surface area contributed by atoms with Gasteiger partial charge >= 0.3 is 12.1 Å². The molecular formula is C14H12F3NO5. The number of carbonyl (C=O) groups is 1. The molecule has 0 amide bonds. The topological polar surface area (TPSA) is 81.8 Å². The third kappa shape index (κ3) is 3.81. The van der Waals surface area contributed by atoms with Gasteiger partial charge in [-0.1, -0.05) is 12.1 Å². The molecule has 0 aliphatic rings. The number of halogens is 3. The average molecular weight is 331 g/mol. The Labute approximate surface area is 128 Å². The summed E-state index contributed by atoms with van der Waals surface area (Å²) in [6.45, 7) is 0.431. The lowest BCUT2D eigenvalue weighted by Crippen LogP contribution is -2.11. The Bertz CT molecular complexity index is 696. The highest BCUT2D eigenvalue weighted by atomic mass is 19.4. The van der Waals surface area contributed by atoms with E-state index in [9.17, 15) is 18.0 Å². The van der Waals surface area contributed by atoms with Crippen LogP contribution in [-0.4, -0.2) is 36.4 Å². The van der Waals surface area contributed by atoms with Crippen molar-refractivity contribution in [2.75, 3.05) is 20.3 Å². The zero-order valence-corrected chi connectivity index (χ0v) is 11.9. The molecule has 9 heteroatoms. The molecule has 0 saturated heterocycles. The molecule has 6 nitrogen and oxygen atoms in total. The van der Waals surface area contributed by atoms with Gasteiger partial charge in [-0.25, -0.2) is 9.78 Å². The third-order valence-electron chi connectivity index (χ3n) is 2.75. The summed E-state index contributed by atoms with van der Waals surface area (Å²) in [4.78, 5) is 14.2. The molecule has 0 bridgehead atoms. The second-order valence-electron chi connectivity index (χ2n) is 4.34. The van der Waals surface area contributed by atoms with Gasteiger partial charge in [0.25, 0.3) is 0 Å². The molecule has 1 aromatic carbocycles. The minimum atomic E-state index is -4.94. The highest BCUT2D eigenvalue weighted by molar-refractivity contribution is 5.86. The lowest BCUT2D eigenvalue weighted by Gasteiger charge is -2.08. The summed E-state index contributed by atoms with van der Waals surface area (Å²) in [6, 6.07) is 6.07. The quantitative estimate of drug-likeness (QED) is 0.819. The number of carboxylic acid groups (broad SMARTS) is 1. The molecule has 0 aliphatic heterocycles. The van der Waals surface area contributed by atoms with Crippen LogP contribution in [0.5, 0.6) is 5.75 Å². The second-order valence-corrected chi connectivity index (χ2v) is 4.34. The van der Waals surface area contributed by atoms with Crippen molar-refractivity contribution in [3.8, 4) is 17.2 Å². The van der Waals surface area contributed by atoms with E-state index in [1.807, 2.05) is 0 Å². The molecule has 0 spiro atoms. The average Bonchev–Trinajstić information content (AvgIpc) is 2.93. The van der Waals surface area contributed by atoms with E-state index in [0.29, 0.717) is 0 Å². The molecule has 1 heterocycles. The number of ether oxygens (including phenoxy) is 2. The fraction of sp³-hybridized carbons (Fsp3) is 0.286. The molecule has 0 fully saturated rings. The Morgan fingerprint density at radius 3 is 2.57 bits per heavy atom. The zero-order chi connectivity index (χ0) is 17.0. The number of carboxylic acids is 1. The van der Waals surface area contributed by atoms with Crippen LogP contribution >= 0.6 is 0 Å². The summed E-state index contributed by atoms with van der Waals surface area (Å²) in [6.07, 6.45) is -4.94. The summed E-state index contributed by atoms with van der Waals surface area (Å²) in [7, 11) is 1.47. The smallest absolute Gasteiger partial charge is 0.437 e. The Balaban J connectivity index is 2.45. The molecule has 2 aromatic rings. The second kappa shape index (κ2) is 6.69. The molecule has 2 rings (SSSR count). The van der Waals surface area contributed by atoms with Crippen molar-refractivity contribution in [2.24, 2.45) is 0 Å². The molecule has 0 radical (unpaired) electrons. The predicted molar refractivity (Wildman–Crippen MR) is 71.3 cm³/mol. The SMILES string of the molecule is COCCOc1ccccc1-c1nc(C(F)(F)F)c(C(=O)O)o1. The van der Waals surface area contributed by atoms with Crippen LogP contribution in [0, 0.1) is 0 Å². The Hall–Kier alpha value is -2.55. The number of aromatic nitrogens is 1. The number of benzene rings is 1. The first-order chi connectivity index (χ1) is 10.8. The summed E-state index contributed by atoms with van der Waals surface area (Å²) < 4.78 is 53.5. The van der Waals surface area contributed by atoms with E-state index in [1.54, 1.807) is 6.07 Å². The van der Waals surface area contributed by atoms with Gasteiger partial charge in [0.1, 0.15) is 12.4 Å². The van der Waals surface area contributed by atoms with Crippen molar-refractivity contribution in [3.05, 3.63) is 35.7 Å². The van der Waals surface area contributed by atoms with E-state index in [0.717, 1.165) is 0 Å². The van der Waals surface area contributed by atoms with Crippen molar-refractivity contribution in [3.63, 3.8) is 0 Å². The summed E-state index contributed by atoms with van der Waals surface area (Å²) in [5.74, 6) is -3.40. The number of methoxy groups -OCH3 is 1. The molecule has 0 unspecified atom stereocenters. The van der Waals surface area contributed by atoms with Crippen LogP contribution in [0.2, 0.25) is 0 Å². The zero-order valence-electron chi connectivity index (χ0n) is 11.9. The van der Waals surface area contributed by atoms with Gasteiger partial charge in [-0.3, -0.25) is 0 Å². The van der Waals surface area contributed by atoms with Gasteiger partial charge in [0, 0.05) is 7.11 Å². The Morgan fingerprint density at radius 2 is 2.00 bits per heavy atom. The van der Waals surface area contributed by atoms with Gasteiger partial charge in [-0.05, 0) is 12.1 Å². The highest BCUT2D eigenvalue weighted by Gasteiger charge is 2.41. The van der Waals surface area contributed by atoms with Gasteiger partial charge in [0.2, 0.25) is 11.7 Å². The molecule has 23 heavy (non-hydrogen) atoms. The van der Waals surface area contributed by atoms with Crippen molar-refractivity contribution >= 4 is 5.97 Å². The summed E-state index contributed by atoms with van der Waals surface area (Å²) in [5, 5.41) is 8.85. The maximum atomic E-state index is 12.9. The molecule has 0 atom stereocenters. The van der Waals surface area contributed by atoms with Gasteiger partial charge in [0.15, 0.2) is 5.69 Å². The van der Waals surface area contributed by atoms with Gasteiger partial charge in [0.05, 0.1) is 12.2 Å². The van der Waals surface area contributed by atoms with Crippen molar-refractivity contribution in [2.45, 2.75) is 6.18 Å². The van der Waals surface area contributed by atoms with Crippen LogP contribution in [0.1, 0.15) is 16.2 Å². The lowest BCUT2D eigenvalue weighted by molar-refractivity contribution is -0.141. The maximum absolute atomic E-state index is 12.9. The first kappa shape index (κ1) is 16.8. The minimum absolute atomic E-state index is 0.113. The summed E-state index contributed by atoms with van der Waals surface area (Å²) >= 11 is 0. The highest BCUT2D eigenvalue weighted by Crippen LogP contribution is 2.36. The number of oxazole rings is 1. The molecular weight excluding hydrogens is 319 g/mol. The van der Waals surface area contributed by atoms with E-state index in [-0.39, 0.29) is 24.5 Å². The van der Waals surface area contributed by atoms with Crippen LogP contribution < -0.4 is 4.74 Å². The minimum Gasteiger partial charge on any atom is -0.490 e. The number of aromatic carboxylic acids is 1. The van der Waals surface area contributed by atoms with E-state index >= 15 is 0 Å². The first-order valence-corrected chi connectivity index (χ1v) is 6.37.